The number of para-hydroxylation sites is 1. The van der Waals surface area contributed by atoms with Crippen LogP contribution in [-0.4, -0.2) is 28.8 Å². The van der Waals surface area contributed by atoms with Crippen LogP contribution in [-0.2, 0) is 11.2 Å². The van der Waals surface area contributed by atoms with E-state index in [2.05, 4.69) is 15.5 Å². The van der Waals surface area contributed by atoms with Crippen molar-refractivity contribution in [1.29, 1.82) is 0 Å². The number of nitrogens with one attached hydrogen (secondary N) is 2. The van der Waals surface area contributed by atoms with E-state index in [1.807, 2.05) is 50.4 Å². The summed E-state index contributed by atoms with van der Waals surface area (Å²) in [7, 11) is 0. The van der Waals surface area contributed by atoms with Crippen LogP contribution in [0.3, 0.4) is 0 Å². The van der Waals surface area contributed by atoms with Crippen molar-refractivity contribution in [2.75, 3.05) is 6.54 Å². The van der Waals surface area contributed by atoms with Crippen LogP contribution in [0.1, 0.15) is 19.4 Å². The minimum atomic E-state index is -0.489. The minimum Gasteiger partial charge on any atom is -0.480 e. The molecule has 21 heavy (non-hydrogen) atoms. The molecule has 1 aromatic heterocycles. The molecule has 1 heterocycles. The maximum atomic E-state index is 12.3. The number of rotatable bonds is 7. The van der Waals surface area contributed by atoms with Crippen LogP contribution >= 0.6 is 0 Å². The molecule has 0 aliphatic rings. The lowest BCUT2D eigenvalue weighted by molar-refractivity contribution is -0.129. The van der Waals surface area contributed by atoms with E-state index in [4.69, 9.17) is 4.74 Å². The molecule has 0 spiro atoms. The summed E-state index contributed by atoms with van der Waals surface area (Å²) in [6, 6.07) is 9.41. The molecular weight excluding hydrogens is 266 g/mol. The van der Waals surface area contributed by atoms with Gasteiger partial charge in [0.1, 0.15) is 5.75 Å². The SMILES string of the molecule is CC(C)C(Oc1ccccc1)C(=O)NCCc1cn[nH]c1. The summed E-state index contributed by atoms with van der Waals surface area (Å²) in [4.78, 5) is 12.3. The van der Waals surface area contributed by atoms with Crippen LogP contribution in [0.15, 0.2) is 42.7 Å². The van der Waals surface area contributed by atoms with Gasteiger partial charge in [0.25, 0.3) is 5.91 Å². The van der Waals surface area contributed by atoms with Gasteiger partial charge < -0.3 is 10.1 Å². The first-order valence-electron chi connectivity index (χ1n) is 7.14. The van der Waals surface area contributed by atoms with Gasteiger partial charge in [-0.25, -0.2) is 0 Å². The average molecular weight is 287 g/mol. The standard InChI is InChI=1S/C16H21N3O2/c1-12(2)15(21-14-6-4-3-5-7-14)16(20)17-9-8-13-10-18-19-11-13/h3-7,10-12,15H,8-9H2,1-2H3,(H,17,20)(H,18,19). The van der Waals surface area contributed by atoms with E-state index in [1.165, 1.54) is 0 Å². The molecule has 2 rings (SSSR count). The van der Waals surface area contributed by atoms with E-state index in [0.717, 1.165) is 12.0 Å². The molecule has 0 aliphatic heterocycles. The second-order valence-electron chi connectivity index (χ2n) is 5.24. The Morgan fingerprint density at radius 1 is 1.33 bits per heavy atom. The highest BCUT2D eigenvalue weighted by Gasteiger charge is 2.23. The zero-order valence-electron chi connectivity index (χ0n) is 12.4. The van der Waals surface area contributed by atoms with Crippen molar-refractivity contribution in [3.63, 3.8) is 0 Å². The van der Waals surface area contributed by atoms with E-state index < -0.39 is 6.10 Å². The van der Waals surface area contributed by atoms with Crippen LogP contribution in [0.4, 0.5) is 0 Å². The average Bonchev–Trinajstić information content (AvgIpc) is 2.98. The van der Waals surface area contributed by atoms with Crippen molar-refractivity contribution < 1.29 is 9.53 Å². The number of amides is 1. The quantitative estimate of drug-likeness (QED) is 0.820. The number of nitrogens with zero attached hydrogens (tertiary/aromatic N) is 1. The second-order valence-corrected chi connectivity index (χ2v) is 5.24. The van der Waals surface area contributed by atoms with E-state index >= 15 is 0 Å². The highest BCUT2D eigenvalue weighted by molar-refractivity contribution is 5.81. The number of H-pyrrole nitrogens is 1. The van der Waals surface area contributed by atoms with Crippen molar-refractivity contribution in [1.82, 2.24) is 15.5 Å². The van der Waals surface area contributed by atoms with Crippen LogP contribution in [0.25, 0.3) is 0 Å². The van der Waals surface area contributed by atoms with Crippen molar-refractivity contribution >= 4 is 5.91 Å². The Hall–Kier alpha value is -2.30. The molecule has 5 heteroatoms. The maximum Gasteiger partial charge on any atom is 0.261 e. The number of carbonyl (C=O) groups excluding carboxylic acids is 1. The molecule has 1 aromatic carbocycles. The summed E-state index contributed by atoms with van der Waals surface area (Å²) >= 11 is 0. The molecule has 0 saturated carbocycles. The fourth-order valence-corrected chi connectivity index (χ4v) is 1.98. The van der Waals surface area contributed by atoms with Crippen molar-refractivity contribution in [3.8, 4) is 5.75 Å². The largest absolute Gasteiger partial charge is 0.480 e. The monoisotopic (exact) mass is 287 g/mol. The Kier molecular flexibility index (Phi) is 5.37. The predicted octanol–water partition coefficient (Wildman–Crippen LogP) is 2.17. The van der Waals surface area contributed by atoms with Gasteiger partial charge in [-0.3, -0.25) is 9.89 Å². The molecule has 1 amide bonds. The third kappa shape index (κ3) is 4.63. The Bertz CT molecular complexity index is 538. The zero-order valence-corrected chi connectivity index (χ0v) is 12.4. The number of carbonyl (C=O) groups is 1. The Morgan fingerprint density at radius 3 is 2.71 bits per heavy atom. The summed E-state index contributed by atoms with van der Waals surface area (Å²) in [6.45, 7) is 4.52. The van der Waals surface area contributed by atoms with Gasteiger partial charge in [0, 0.05) is 12.7 Å². The summed E-state index contributed by atoms with van der Waals surface area (Å²) in [6.07, 6.45) is 3.84. The smallest absolute Gasteiger partial charge is 0.261 e. The minimum absolute atomic E-state index is 0.0858. The van der Waals surface area contributed by atoms with Crippen LogP contribution in [0.2, 0.25) is 0 Å². The number of benzene rings is 1. The summed E-state index contributed by atoms with van der Waals surface area (Å²) in [5, 5.41) is 9.55. The van der Waals surface area contributed by atoms with Crippen molar-refractivity contribution in [2.45, 2.75) is 26.4 Å². The first kappa shape index (κ1) is 15.1. The van der Waals surface area contributed by atoms with Gasteiger partial charge in [-0.1, -0.05) is 32.0 Å². The van der Waals surface area contributed by atoms with E-state index in [0.29, 0.717) is 12.3 Å². The lowest BCUT2D eigenvalue weighted by Crippen LogP contribution is -2.42. The molecule has 0 bridgehead atoms. The van der Waals surface area contributed by atoms with Gasteiger partial charge >= 0.3 is 0 Å². The molecule has 2 aromatic rings. The van der Waals surface area contributed by atoms with E-state index in [1.54, 1.807) is 6.20 Å². The number of aromatic amines is 1. The highest BCUT2D eigenvalue weighted by atomic mass is 16.5. The molecule has 0 saturated heterocycles. The number of ether oxygens (including phenoxy) is 1. The summed E-state index contributed by atoms with van der Waals surface area (Å²) < 4.78 is 5.79. The fraction of sp³-hybridized carbons (Fsp3) is 0.375. The maximum absolute atomic E-state index is 12.3. The highest BCUT2D eigenvalue weighted by Crippen LogP contribution is 2.15. The van der Waals surface area contributed by atoms with Crippen LogP contribution < -0.4 is 10.1 Å². The van der Waals surface area contributed by atoms with Gasteiger partial charge in [0.2, 0.25) is 0 Å². The third-order valence-electron chi connectivity index (χ3n) is 3.14. The fourth-order valence-electron chi connectivity index (χ4n) is 1.98. The van der Waals surface area contributed by atoms with Gasteiger partial charge in [0.05, 0.1) is 6.20 Å². The molecule has 2 N–H and O–H groups in total. The number of hydrogen-bond donors (Lipinski definition) is 2. The lowest BCUT2D eigenvalue weighted by atomic mass is 10.1. The second kappa shape index (κ2) is 7.47. The van der Waals surface area contributed by atoms with Gasteiger partial charge in [-0.15, -0.1) is 0 Å². The van der Waals surface area contributed by atoms with Crippen molar-refractivity contribution in [2.24, 2.45) is 5.92 Å². The van der Waals surface area contributed by atoms with Gasteiger partial charge in [0.15, 0.2) is 6.10 Å². The normalized spacial score (nSPS) is 12.1. The molecule has 1 atom stereocenters. The van der Waals surface area contributed by atoms with Gasteiger partial charge in [-0.05, 0) is 30.0 Å². The van der Waals surface area contributed by atoms with Crippen LogP contribution in [0.5, 0.6) is 5.75 Å². The summed E-state index contributed by atoms with van der Waals surface area (Å²) in [5.74, 6) is 0.720. The first-order chi connectivity index (χ1) is 10.2. The lowest BCUT2D eigenvalue weighted by Gasteiger charge is -2.21. The van der Waals surface area contributed by atoms with Crippen LogP contribution in [0, 0.1) is 5.92 Å². The van der Waals surface area contributed by atoms with E-state index in [-0.39, 0.29) is 11.8 Å². The Balaban J connectivity index is 1.87. The van der Waals surface area contributed by atoms with Gasteiger partial charge in [-0.2, -0.15) is 5.10 Å². The molecule has 0 fully saturated rings. The molecule has 0 radical (unpaired) electrons. The van der Waals surface area contributed by atoms with E-state index in [9.17, 15) is 4.79 Å². The first-order valence-corrected chi connectivity index (χ1v) is 7.14. The van der Waals surface area contributed by atoms with Crippen molar-refractivity contribution in [3.05, 3.63) is 48.3 Å². The Morgan fingerprint density at radius 2 is 2.10 bits per heavy atom. The molecule has 1 unspecified atom stereocenters. The Labute approximate surface area is 124 Å². The third-order valence-corrected chi connectivity index (χ3v) is 3.14. The molecular formula is C16H21N3O2. The molecule has 112 valence electrons. The molecule has 0 aliphatic carbocycles. The zero-order chi connectivity index (χ0) is 15.1. The number of aromatic nitrogens is 2. The topological polar surface area (TPSA) is 67.0 Å². The predicted molar refractivity (Wildman–Crippen MR) is 81.0 cm³/mol. The molecule has 5 nitrogen and oxygen atoms in total. The number of hydrogen-bond acceptors (Lipinski definition) is 3. The summed E-state index contributed by atoms with van der Waals surface area (Å²) in [5.41, 5.74) is 1.07.